The number of nitrogens with zero attached hydrogens (tertiary/aromatic N) is 1. The summed E-state index contributed by atoms with van der Waals surface area (Å²) in [6.45, 7) is 0.462. The molecule has 3 aromatic rings. The van der Waals surface area contributed by atoms with Crippen molar-refractivity contribution >= 4 is 35.2 Å². The molecule has 0 radical (unpaired) electrons. The zero-order chi connectivity index (χ0) is 29.2. The van der Waals surface area contributed by atoms with Gasteiger partial charge in [-0.25, -0.2) is 14.3 Å². The fourth-order valence-corrected chi connectivity index (χ4v) is 6.48. The molecule has 2 aromatic carbocycles. The van der Waals surface area contributed by atoms with E-state index in [1.165, 1.54) is 6.92 Å². The number of fused-ring (bicyclic) bond motifs is 1. The Morgan fingerprint density at radius 3 is 2.65 bits per heavy atom. The van der Waals surface area contributed by atoms with Crippen molar-refractivity contribution in [3.63, 3.8) is 0 Å². The number of halogens is 1. The Kier molecular flexibility index (Phi) is 8.90. The molecule has 1 saturated heterocycles. The Bertz CT molecular complexity index is 1550. The summed E-state index contributed by atoms with van der Waals surface area (Å²) in [5.41, 5.74) is 2.28. The predicted octanol–water partition coefficient (Wildman–Crippen LogP) is 1.82. The smallest absolute Gasteiger partial charge is 0.330 e. The normalized spacial score (nSPS) is 25.0. The summed E-state index contributed by atoms with van der Waals surface area (Å²) >= 11 is 5.72. The van der Waals surface area contributed by atoms with Crippen LogP contribution in [-0.2, 0) is 30.6 Å². The van der Waals surface area contributed by atoms with E-state index in [0.29, 0.717) is 11.1 Å². The Morgan fingerprint density at radius 1 is 1.25 bits per heavy atom. The third-order valence-corrected chi connectivity index (χ3v) is 8.48. The molecule has 0 spiro atoms. The number of esters is 1. The molecule has 0 bridgehead atoms. The van der Waals surface area contributed by atoms with Crippen LogP contribution in [-0.4, -0.2) is 57.4 Å². The maximum atomic E-state index is 15.3. The van der Waals surface area contributed by atoms with E-state index >= 15 is 4.39 Å². The number of ether oxygens (including phenoxy) is 2. The van der Waals surface area contributed by atoms with E-state index in [-0.39, 0.29) is 0 Å². The first-order chi connectivity index (χ1) is 18.8. The van der Waals surface area contributed by atoms with E-state index < -0.39 is 66.8 Å². The maximum absolute atomic E-state index is 15.3. The zero-order valence-corrected chi connectivity index (χ0v) is 23.6. The van der Waals surface area contributed by atoms with E-state index in [0.717, 1.165) is 22.2 Å². The number of benzene rings is 2. The first-order valence-electron chi connectivity index (χ1n) is 12.3. The predicted molar refractivity (Wildman–Crippen MR) is 148 cm³/mol. The quantitative estimate of drug-likeness (QED) is 0.199. The van der Waals surface area contributed by atoms with Gasteiger partial charge < -0.3 is 23.6 Å². The zero-order valence-electron chi connectivity index (χ0n) is 21.9. The minimum absolute atomic E-state index is 0.339. The van der Waals surface area contributed by atoms with Gasteiger partial charge in [-0.15, -0.1) is 0 Å². The molecule has 0 aliphatic carbocycles. The number of rotatable bonds is 10. The van der Waals surface area contributed by atoms with Crippen LogP contribution < -0.4 is 26.6 Å². The third-order valence-electron chi connectivity index (χ3n) is 6.01. The highest BCUT2D eigenvalue weighted by Crippen LogP contribution is 2.49. The number of aromatic amines is 1. The molecule has 15 heteroatoms. The van der Waals surface area contributed by atoms with Gasteiger partial charge in [0, 0.05) is 17.6 Å². The highest BCUT2D eigenvalue weighted by Gasteiger charge is 2.55. The van der Waals surface area contributed by atoms with E-state index in [1.54, 1.807) is 26.0 Å². The van der Waals surface area contributed by atoms with Gasteiger partial charge in [0.05, 0.1) is 6.10 Å². The van der Waals surface area contributed by atoms with Crippen molar-refractivity contribution in [1.29, 1.82) is 0 Å². The third kappa shape index (κ3) is 6.50. The highest BCUT2D eigenvalue weighted by atomic mass is 32.5. The van der Waals surface area contributed by atoms with Crippen molar-refractivity contribution in [1.82, 2.24) is 14.6 Å². The van der Waals surface area contributed by atoms with Gasteiger partial charge >= 0.3 is 18.3 Å². The average molecular weight is 597 g/mol. The SMILES string of the molecule is CC(C)OC(=O)[C@H](C)NP(=S)(OC[C@@]1(N)O[C@@H](n2ccc(=O)[nH]c2=O)[C@H](O)[C@@H]1F)Oc1cccc2ccccc12. The van der Waals surface area contributed by atoms with Crippen LogP contribution in [0.25, 0.3) is 10.8 Å². The summed E-state index contributed by atoms with van der Waals surface area (Å²) in [7, 11) is 0. The number of aliphatic hydroxyl groups is 1. The van der Waals surface area contributed by atoms with Crippen LogP contribution in [0, 0.1) is 0 Å². The standard InChI is InChI=1S/C25H30FN4O8PS/c1-14(2)36-23(33)15(3)29-39(40,38-18-10-6-8-16-7-4-5-9-17(16)18)35-13-25(27)21(26)20(32)22(37-25)30-12-11-19(31)28-24(30)34/h4-12,14-15,20-22,32H,13,27H2,1-3H3,(H,29,40)(H,28,31,34)/t15-,20+,21-,22+,25+,39?/m0/s1. The molecule has 1 aliphatic rings. The number of carbonyl (C=O) groups excluding carboxylic acids is 1. The fourth-order valence-electron chi connectivity index (χ4n) is 4.06. The van der Waals surface area contributed by atoms with Crippen LogP contribution in [0.1, 0.15) is 27.0 Å². The molecule has 1 unspecified atom stereocenters. The Labute approximate surface area is 233 Å². The van der Waals surface area contributed by atoms with Crippen molar-refractivity contribution in [2.45, 2.75) is 57.1 Å². The molecule has 12 nitrogen and oxygen atoms in total. The first-order valence-corrected chi connectivity index (χ1v) is 15.0. The van der Waals surface area contributed by atoms with Gasteiger partial charge in [-0.3, -0.25) is 24.9 Å². The number of carbonyl (C=O) groups is 1. The highest BCUT2D eigenvalue weighted by molar-refractivity contribution is 8.09. The molecule has 6 atom stereocenters. The van der Waals surface area contributed by atoms with Crippen LogP contribution in [0.15, 0.2) is 64.3 Å². The second-order valence-electron chi connectivity index (χ2n) is 9.55. The second kappa shape index (κ2) is 11.9. The molecule has 1 fully saturated rings. The summed E-state index contributed by atoms with van der Waals surface area (Å²) in [6.07, 6.45) is -5.04. The lowest BCUT2D eigenvalue weighted by molar-refractivity contribution is -0.149. The molecular weight excluding hydrogens is 566 g/mol. The van der Waals surface area contributed by atoms with E-state index in [4.69, 9.17) is 36.1 Å². The molecular formula is C25H30FN4O8PS. The molecule has 4 rings (SSSR count). The van der Waals surface area contributed by atoms with E-state index in [1.807, 2.05) is 35.3 Å². The van der Waals surface area contributed by atoms with Gasteiger partial charge in [0.25, 0.3) is 5.56 Å². The van der Waals surface area contributed by atoms with Crippen LogP contribution >= 0.6 is 6.64 Å². The van der Waals surface area contributed by atoms with Gasteiger partial charge in [-0.2, -0.15) is 0 Å². The largest absolute Gasteiger partial charge is 0.462 e. The lowest BCUT2D eigenvalue weighted by Gasteiger charge is -2.31. The van der Waals surface area contributed by atoms with Crippen molar-refractivity contribution in [3.8, 4) is 5.75 Å². The van der Waals surface area contributed by atoms with E-state index in [9.17, 15) is 19.5 Å². The Morgan fingerprint density at radius 2 is 1.95 bits per heavy atom. The van der Waals surface area contributed by atoms with Gasteiger partial charge in [0.2, 0.25) is 0 Å². The van der Waals surface area contributed by atoms with Gasteiger partial charge in [-0.05, 0) is 44.0 Å². The second-order valence-corrected chi connectivity index (χ2v) is 12.7. The number of alkyl halides is 1. The van der Waals surface area contributed by atoms with Crippen molar-refractivity contribution in [2.24, 2.45) is 5.73 Å². The minimum Gasteiger partial charge on any atom is -0.462 e. The molecule has 1 aliphatic heterocycles. The molecule has 216 valence electrons. The number of nitrogens with one attached hydrogen (secondary N) is 2. The lowest BCUT2D eigenvalue weighted by Crippen LogP contribution is -2.53. The topological polar surface area (TPSA) is 167 Å². The molecule has 0 saturated carbocycles. The summed E-state index contributed by atoms with van der Waals surface area (Å²) in [5.74, 6) is -0.281. The van der Waals surface area contributed by atoms with Crippen molar-refractivity contribution in [3.05, 3.63) is 75.6 Å². The Hall–Kier alpha value is -2.97. The molecule has 1 aromatic heterocycles. The molecule has 40 heavy (non-hydrogen) atoms. The Balaban J connectivity index is 1.61. The molecule has 0 amide bonds. The molecule has 5 N–H and O–H groups in total. The summed E-state index contributed by atoms with van der Waals surface area (Å²) in [4.78, 5) is 38.2. The average Bonchev–Trinajstić information content (AvgIpc) is 3.12. The first kappa shape index (κ1) is 30.0. The number of H-pyrrole nitrogens is 1. The minimum atomic E-state index is -3.69. The fraction of sp³-hybridized carbons (Fsp3) is 0.400. The van der Waals surface area contributed by atoms with Gasteiger partial charge in [0.1, 0.15) is 24.5 Å². The van der Waals surface area contributed by atoms with Crippen molar-refractivity contribution in [2.75, 3.05) is 6.61 Å². The number of aromatic nitrogens is 2. The maximum Gasteiger partial charge on any atom is 0.330 e. The van der Waals surface area contributed by atoms with Gasteiger partial charge in [-0.1, -0.05) is 36.4 Å². The van der Waals surface area contributed by atoms with Crippen LogP contribution in [0.5, 0.6) is 5.75 Å². The number of nitrogens with two attached hydrogens (primary N) is 1. The number of hydrogen-bond acceptors (Lipinski definition) is 10. The monoisotopic (exact) mass is 596 g/mol. The number of aliphatic hydroxyl groups excluding tert-OH is 1. The van der Waals surface area contributed by atoms with Gasteiger partial charge in [0.15, 0.2) is 18.1 Å². The van der Waals surface area contributed by atoms with Crippen LogP contribution in [0.4, 0.5) is 4.39 Å². The van der Waals surface area contributed by atoms with Crippen molar-refractivity contribution < 1.29 is 32.8 Å². The summed E-state index contributed by atoms with van der Waals surface area (Å²) in [5, 5.41) is 14.9. The number of hydrogen-bond donors (Lipinski definition) is 4. The molecule has 2 heterocycles. The summed E-state index contributed by atoms with van der Waals surface area (Å²) < 4.78 is 39.0. The van der Waals surface area contributed by atoms with E-state index in [2.05, 4.69) is 5.09 Å². The van der Waals surface area contributed by atoms with Crippen LogP contribution in [0.3, 0.4) is 0 Å². The lowest BCUT2D eigenvalue weighted by atomic mass is 10.1. The van der Waals surface area contributed by atoms with Crippen LogP contribution in [0.2, 0.25) is 0 Å². The summed E-state index contributed by atoms with van der Waals surface area (Å²) in [6, 6.07) is 12.7.